The molecule has 0 saturated heterocycles. The van der Waals surface area contributed by atoms with Gasteiger partial charge < -0.3 is 9.90 Å². The summed E-state index contributed by atoms with van der Waals surface area (Å²) >= 11 is 0. The number of aliphatic carboxylic acids is 1. The van der Waals surface area contributed by atoms with Crippen LogP contribution in [0.1, 0.15) is 279 Å². The van der Waals surface area contributed by atoms with E-state index in [1.54, 1.807) is 50.3 Å². The molecule has 2 nitrogen and oxygen atoms in total. The second-order valence-corrected chi connectivity index (χ2v) is 21.5. The molecule has 0 unspecified atom stereocenters. The van der Waals surface area contributed by atoms with E-state index in [9.17, 15) is 9.90 Å². The van der Waals surface area contributed by atoms with Gasteiger partial charge in [-0.25, -0.2) is 0 Å². The average Bonchev–Trinajstić information content (AvgIpc) is 3.15. The van der Waals surface area contributed by atoms with Crippen molar-refractivity contribution < 1.29 is 9.90 Å². The van der Waals surface area contributed by atoms with Gasteiger partial charge in [-0.15, -0.1) is 0 Å². The highest BCUT2D eigenvalue weighted by Crippen LogP contribution is 2.61. The fourth-order valence-corrected chi connectivity index (χ4v) is 12.8. The summed E-state index contributed by atoms with van der Waals surface area (Å²) in [6, 6.07) is 0. The van der Waals surface area contributed by atoms with Crippen LogP contribution in [-0.2, 0) is 4.79 Å². The molecule has 0 saturated carbocycles. The quantitative estimate of drug-likeness (QED) is 0.0352. The summed E-state index contributed by atoms with van der Waals surface area (Å²) in [5.74, 6) is -0.914. The third kappa shape index (κ3) is 45.9. The highest BCUT2D eigenvalue weighted by molar-refractivity contribution is 7.75. The van der Waals surface area contributed by atoms with Gasteiger partial charge in [-0.05, 0) is 89.9 Å². The Bertz CT molecular complexity index is 634. The van der Waals surface area contributed by atoms with Crippen molar-refractivity contribution in [2.24, 2.45) is 0 Å². The summed E-state index contributed by atoms with van der Waals surface area (Å²) in [6.45, 7) is 11.6. The number of hydrogen-bond donors (Lipinski definition) is 0. The smallest absolute Gasteiger partial charge is 0.0594 e. The standard InChI is InChI=1S/C32H68P.C18H34O2/c1-5-9-13-17-21-25-29-33(30-26-22-18-14-10-6-2,31-27-23-19-15-11-7-3)32-28-24-20-16-12-8-4;1-2-3-4-5-6-7-8-9-10-11-12-13-14-15-16-17-18(19)20/h5-32H2,1-4H3;9-10H,2-8,11-17H2,1H3,(H,19,20)/q+1;/p-1/b;10-9-. The lowest BCUT2D eigenvalue weighted by Crippen LogP contribution is -2.21. The van der Waals surface area contributed by atoms with Crippen LogP contribution in [-0.4, -0.2) is 30.6 Å². The third-order valence-corrected chi connectivity index (χ3v) is 16.6. The number of allylic oxidation sites excluding steroid dienone is 2. The van der Waals surface area contributed by atoms with Crippen LogP contribution >= 0.6 is 7.26 Å². The molecule has 0 radical (unpaired) electrons. The summed E-state index contributed by atoms with van der Waals surface area (Å²) in [4.78, 5) is 10.2. The summed E-state index contributed by atoms with van der Waals surface area (Å²) < 4.78 is 0. The summed E-state index contributed by atoms with van der Waals surface area (Å²) in [6.07, 6.45) is 63.0. The molecule has 0 atom stereocenters. The maximum atomic E-state index is 10.2. The minimum Gasteiger partial charge on any atom is -0.550 e. The molecular formula is C50H101O2P. The second-order valence-electron chi connectivity index (χ2n) is 17.0. The highest BCUT2D eigenvalue weighted by Gasteiger charge is 2.35. The van der Waals surface area contributed by atoms with Gasteiger partial charge >= 0.3 is 0 Å². The lowest BCUT2D eigenvalue weighted by Gasteiger charge is -2.28. The van der Waals surface area contributed by atoms with Gasteiger partial charge in [0.25, 0.3) is 0 Å². The monoisotopic (exact) mass is 765 g/mol. The molecule has 0 fully saturated rings. The second kappa shape index (κ2) is 47.8. The summed E-state index contributed by atoms with van der Waals surface area (Å²) in [5, 5.41) is 10.2. The molecule has 0 N–H and O–H groups in total. The minimum absolute atomic E-state index is 0.220. The molecule has 0 aliphatic carbocycles. The normalized spacial score (nSPS) is 11.7. The molecule has 0 aliphatic rings. The van der Waals surface area contributed by atoms with Crippen molar-refractivity contribution in [1.29, 1.82) is 0 Å². The molecule has 0 aliphatic heterocycles. The first-order valence-electron chi connectivity index (χ1n) is 24.7. The fourth-order valence-electron chi connectivity index (χ4n) is 7.92. The lowest BCUT2D eigenvalue weighted by atomic mass is 10.1. The Labute approximate surface area is 337 Å². The number of rotatable bonds is 43. The Balaban J connectivity index is 0. The fraction of sp³-hybridized carbons (Fsp3) is 0.940. The van der Waals surface area contributed by atoms with E-state index >= 15 is 0 Å². The molecule has 0 amide bonds. The highest BCUT2D eigenvalue weighted by atomic mass is 31.2. The number of carboxylic acid groups (broad SMARTS) is 1. The van der Waals surface area contributed by atoms with E-state index in [2.05, 4.69) is 46.8 Å². The van der Waals surface area contributed by atoms with Crippen LogP contribution in [0.15, 0.2) is 12.2 Å². The number of carbonyl (C=O) groups excluding carboxylic acids is 1. The molecule has 0 spiro atoms. The number of carbonyl (C=O) groups is 1. The first-order chi connectivity index (χ1) is 26.0. The van der Waals surface area contributed by atoms with Crippen molar-refractivity contribution in [1.82, 2.24) is 0 Å². The Morgan fingerprint density at radius 2 is 0.566 bits per heavy atom. The van der Waals surface area contributed by atoms with Gasteiger partial charge in [0.1, 0.15) is 0 Å². The molecule has 0 aromatic carbocycles. The van der Waals surface area contributed by atoms with Crippen molar-refractivity contribution >= 4 is 13.2 Å². The van der Waals surface area contributed by atoms with Gasteiger partial charge in [0.05, 0.1) is 24.6 Å². The van der Waals surface area contributed by atoms with Crippen LogP contribution in [0.3, 0.4) is 0 Å². The topological polar surface area (TPSA) is 40.1 Å². The van der Waals surface area contributed by atoms with Crippen LogP contribution in [0.5, 0.6) is 0 Å². The molecule has 0 bridgehead atoms. The number of carboxylic acids is 1. The van der Waals surface area contributed by atoms with Crippen LogP contribution in [0, 0.1) is 0 Å². The molecule has 318 valence electrons. The Hall–Kier alpha value is -0.360. The van der Waals surface area contributed by atoms with Gasteiger partial charge in [-0.3, -0.25) is 0 Å². The molecule has 0 rings (SSSR count). The van der Waals surface area contributed by atoms with Crippen LogP contribution < -0.4 is 5.11 Å². The van der Waals surface area contributed by atoms with E-state index in [0.29, 0.717) is 0 Å². The van der Waals surface area contributed by atoms with Gasteiger partial charge in [-0.2, -0.15) is 0 Å². The number of unbranched alkanes of at least 4 members (excludes halogenated alkanes) is 31. The first kappa shape index (κ1) is 54.7. The Morgan fingerprint density at radius 3 is 0.830 bits per heavy atom. The van der Waals surface area contributed by atoms with E-state index < -0.39 is 13.2 Å². The Morgan fingerprint density at radius 1 is 0.340 bits per heavy atom. The maximum absolute atomic E-state index is 10.2. The van der Waals surface area contributed by atoms with Crippen LogP contribution in [0.25, 0.3) is 0 Å². The Kier molecular flexibility index (Phi) is 49.4. The predicted octanol–water partition coefficient (Wildman–Crippen LogP) is 17.2. The van der Waals surface area contributed by atoms with Crippen molar-refractivity contribution in [2.45, 2.75) is 279 Å². The zero-order chi connectivity index (χ0) is 39.2. The molecular weight excluding hydrogens is 664 g/mol. The minimum atomic E-state index is -0.914. The predicted molar refractivity (Wildman–Crippen MR) is 244 cm³/mol. The van der Waals surface area contributed by atoms with Gasteiger partial charge in [0.2, 0.25) is 0 Å². The van der Waals surface area contributed by atoms with Crippen LogP contribution in [0.2, 0.25) is 0 Å². The van der Waals surface area contributed by atoms with Gasteiger partial charge in [-0.1, -0.05) is 201 Å². The number of hydrogen-bond acceptors (Lipinski definition) is 2. The molecule has 0 aromatic rings. The van der Waals surface area contributed by atoms with E-state index in [1.165, 1.54) is 193 Å². The van der Waals surface area contributed by atoms with E-state index in [-0.39, 0.29) is 6.42 Å². The van der Waals surface area contributed by atoms with Crippen molar-refractivity contribution in [3.05, 3.63) is 12.2 Å². The zero-order valence-corrected chi connectivity index (χ0v) is 38.5. The first-order valence-corrected chi connectivity index (χ1v) is 27.2. The lowest BCUT2D eigenvalue weighted by molar-refractivity contribution is -0.305. The molecule has 0 aromatic heterocycles. The third-order valence-electron chi connectivity index (χ3n) is 11.6. The largest absolute Gasteiger partial charge is 0.550 e. The van der Waals surface area contributed by atoms with Crippen molar-refractivity contribution in [3.8, 4) is 0 Å². The van der Waals surface area contributed by atoms with Crippen molar-refractivity contribution in [3.63, 3.8) is 0 Å². The zero-order valence-electron chi connectivity index (χ0n) is 37.6. The van der Waals surface area contributed by atoms with E-state index in [1.807, 2.05) is 0 Å². The van der Waals surface area contributed by atoms with Gasteiger partial charge in [0.15, 0.2) is 0 Å². The summed E-state index contributed by atoms with van der Waals surface area (Å²) in [7, 11) is -0.718. The van der Waals surface area contributed by atoms with E-state index in [4.69, 9.17) is 0 Å². The van der Waals surface area contributed by atoms with Gasteiger partial charge in [0, 0.05) is 13.2 Å². The van der Waals surface area contributed by atoms with E-state index in [0.717, 1.165) is 19.3 Å². The molecule has 53 heavy (non-hydrogen) atoms. The van der Waals surface area contributed by atoms with Crippen LogP contribution in [0.4, 0.5) is 0 Å². The van der Waals surface area contributed by atoms with Crippen molar-refractivity contribution in [2.75, 3.05) is 24.6 Å². The average molecular weight is 765 g/mol. The molecule has 3 heteroatoms. The molecule has 0 heterocycles. The maximum Gasteiger partial charge on any atom is 0.0594 e. The SMILES string of the molecule is CCCCCCCC/C=C\CCCCCCCC(=O)[O-].CCCCCCCC[P+](CCCCCCCC)(CCCCCCCC)CCCCCCCC. The summed E-state index contributed by atoms with van der Waals surface area (Å²) in [5.41, 5.74) is 0.